The van der Waals surface area contributed by atoms with E-state index in [0.29, 0.717) is 49.9 Å². The molecule has 1 saturated heterocycles. The molecule has 0 unspecified atom stereocenters. The molecule has 2 aliphatic rings. The van der Waals surface area contributed by atoms with Gasteiger partial charge in [0.1, 0.15) is 17.5 Å². The van der Waals surface area contributed by atoms with Gasteiger partial charge >= 0.3 is 0 Å². The van der Waals surface area contributed by atoms with Crippen LogP contribution in [0.2, 0.25) is 0 Å². The highest BCUT2D eigenvalue weighted by molar-refractivity contribution is 5.95. The van der Waals surface area contributed by atoms with Gasteiger partial charge in [-0.3, -0.25) is 19.7 Å². The molecule has 10 heteroatoms. The van der Waals surface area contributed by atoms with Gasteiger partial charge in [0.05, 0.1) is 16.6 Å². The molecule has 1 aliphatic carbocycles. The van der Waals surface area contributed by atoms with Crippen molar-refractivity contribution >= 4 is 17.5 Å². The number of hydrogen-bond donors (Lipinski definition) is 1. The van der Waals surface area contributed by atoms with Crippen molar-refractivity contribution < 1.29 is 27.7 Å². The number of carbonyl (C=O) groups excluding carboxylic acids is 2. The molecule has 5 rings (SSSR count). The number of nitro groups is 1. The van der Waals surface area contributed by atoms with E-state index >= 15 is 0 Å². The third-order valence-corrected chi connectivity index (χ3v) is 7.54. The fourth-order valence-corrected chi connectivity index (χ4v) is 5.45. The zero-order chi connectivity index (χ0) is 27.0. The molecule has 1 N–H and O–H groups in total. The van der Waals surface area contributed by atoms with Gasteiger partial charge in [-0.25, -0.2) is 13.2 Å². The quantitative estimate of drug-likeness (QED) is 0.353. The Hall–Kier alpha value is -4.21. The summed E-state index contributed by atoms with van der Waals surface area (Å²) in [5.74, 6) is -2.85. The monoisotopic (exact) mass is 523 g/mol. The summed E-state index contributed by atoms with van der Waals surface area (Å²) in [6.07, 6.45) is 2.76. The van der Waals surface area contributed by atoms with E-state index in [-0.39, 0.29) is 22.6 Å². The number of halogens is 3. The highest BCUT2D eigenvalue weighted by atomic mass is 19.1. The van der Waals surface area contributed by atoms with Gasteiger partial charge in [0.15, 0.2) is 0 Å². The molecule has 38 heavy (non-hydrogen) atoms. The highest BCUT2D eigenvalue weighted by Gasteiger charge is 2.47. The summed E-state index contributed by atoms with van der Waals surface area (Å²) in [7, 11) is 0. The summed E-state index contributed by atoms with van der Waals surface area (Å²) >= 11 is 0. The summed E-state index contributed by atoms with van der Waals surface area (Å²) in [5.41, 5.74) is 0.531. The minimum atomic E-state index is -0.838. The van der Waals surface area contributed by atoms with E-state index in [1.807, 2.05) is 0 Å². The zero-order valence-electron chi connectivity index (χ0n) is 20.3. The van der Waals surface area contributed by atoms with Gasteiger partial charge in [-0.2, -0.15) is 0 Å². The first-order valence-corrected chi connectivity index (χ1v) is 12.2. The topological polar surface area (TPSA) is 92.6 Å². The molecule has 1 heterocycles. The zero-order valence-corrected chi connectivity index (χ0v) is 20.3. The second kappa shape index (κ2) is 9.92. The third-order valence-electron chi connectivity index (χ3n) is 7.54. The number of rotatable bonds is 5. The molecule has 1 aliphatic heterocycles. The van der Waals surface area contributed by atoms with Gasteiger partial charge in [0.25, 0.3) is 17.5 Å². The minimum Gasteiger partial charge on any atom is -0.349 e. The lowest BCUT2D eigenvalue weighted by atomic mass is 9.60. The van der Waals surface area contributed by atoms with E-state index in [4.69, 9.17) is 0 Å². The van der Waals surface area contributed by atoms with Crippen molar-refractivity contribution in [3.63, 3.8) is 0 Å². The molecule has 3 aromatic rings. The minimum absolute atomic E-state index is 0.0480. The van der Waals surface area contributed by atoms with Gasteiger partial charge in [0, 0.05) is 30.8 Å². The predicted molar refractivity (Wildman–Crippen MR) is 133 cm³/mol. The number of likely N-dealkylation sites (tertiary alicyclic amines) is 1. The lowest BCUT2D eigenvalue weighted by Crippen LogP contribution is -2.55. The number of amides is 2. The first-order valence-electron chi connectivity index (χ1n) is 12.2. The Morgan fingerprint density at radius 2 is 1.55 bits per heavy atom. The van der Waals surface area contributed by atoms with Gasteiger partial charge < -0.3 is 10.2 Å². The summed E-state index contributed by atoms with van der Waals surface area (Å²) in [4.78, 5) is 37.3. The van der Waals surface area contributed by atoms with E-state index in [9.17, 15) is 32.9 Å². The Bertz CT molecular complexity index is 1410. The maximum absolute atomic E-state index is 14.7. The van der Waals surface area contributed by atoms with Crippen LogP contribution < -0.4 is 5.32 Å². The van der Waals surface area contributed by atoms with Crippen LogP contribution in [0.25, 0.3) is 11.1 Å². The molecule has 196 valence electrons. The van der Waals surface area contributed by atoms with Crippen molar-refractivity contribution in [2.75, 3.05) is 13.1 Å². The van der Waals surface area contributed by atoms with Crippen molar-refractivity contribution in [2.45, 2.75) is 31.7 Å². The summed E-state index contributed by atoms with van der Waals surface area (Å²) in [6.45, 7) is 0.840. The number of nitrogens with one attached hydrogen (secondary N) is 1. The molecule has 2 amide bonds. The van der Waals surface area contributed by atoms with Crippen LogP contribution in [-0.4, -0.2) is 40.8 Å². The molecule has 0 atom stereocenters. The Morgan fingerprint density at radius 1 is 0.895 bits per heavy atom. The highest BCUT2D eigenvalue weighted by Crippen LogP contribution is 2.49. The normalized spacial score (nSPS) is 16.7. The van der Waals surface area contributed by atoms with Crippen LogP contribution in [0.5, 0.6) is 0 Å². The molecule has 3 aromatic carbocycles. The van der Waals surface area contributed by atoms with E-state index < -0.39 is 39.9 Å². The van der Waals surface area contributed by atoms with Gasteiger partial charge in [0.2, 0.25) is 0 Å². The summed E-state index contributed by atoms with van der Waals surface area (Å²) < 4.78 is 41.6. The van der Waals surface area contributed by atoms with Crippen LogP contribution in [0.4, 0.5) is 18.9 Å². The maximum atomic E-state index is 14.7. The van der Waals surface area contributed by atoms with Crippen LogP contribution in [0, 0.1) is 33.0 Å². The number of nitrogens with zero attached hydrogens (tertiary/aromatic N) is 2. The number of hydrogen-bond acceptors (Lipinski definition) is 4. The fraction of sp³-hybridized carbons (Fsp3) is 0.286. The molecular formula is C28H24F3N3O4. The molecule has 2 fully saturated rings. The van der Waals surface area contributed by atoms with Crippen LogP contribution >= 0.6 is 0 Å². The Balaban J connectivity index is 1.15. The number of benzene rings is 3. The average molecular weight is 524 g/mol. The van der Waals surface area contributed by atoms with Crippen molar-refractivity contribution in [1.82, 2.24) is 10.2 Å². The van der Waals surface area contributed by atoms with Crippen molar-refractivity contribution in [1.29, 1.82) is 0 Å². The van der Waals surface area contributed by atoms with Gasteiger partial charge in [-0.1, -0.05) is 18.2 Å². The summed E-state index contributed by atoms with van der Waals surface area (Å²) in [6, 6.07) is 12.7. The number of carbonyl (C=O) groups is 2. The van der Waals surface area contributed by atoms with E-state index in [2.05, 4.69) is 5.32 Å². The molecule has 1 saturated carbocycles. The van der Waals surface area contributed by atoms with Crippen LogP contribution in [-0.2, 0) is 0 Å². The molecule has 0 bridgehead atoms. The first-order chi connectivity index (χ1) is 18.1. The van der Waals surface area contributed by atoms with E-state index in [0.717, 1.165) is 18.2 Å². The fourth-order valence-electron chi connectivity index (χ4n) is 5.45. The van der Waals surface area contributed by atoms with Crippen LogP contribution in [0.15, 0.2) is 60.7 Å². The van der Waals surface area contributed by atoms with Crippen LogP contribution in [0.3, 0.4) is 0 Å². The largest absolute Gasteiger partial charge is 0.349 e. The average Bonchev–Trinajstić information content (AvgIpc) is 2.87. The number of nitro benzene ring substituents is 1. The smallest absolute Gasteiger partial charge is 0.273 e. The van der Waals surface area contributed by atoms with E-state index in [1.165, 1.54) is 24.3 Å². The predicted octanol–water partition coefficient (Wildman–Crippen LogP) is 5.49. The lowest BCUT2D eigenvalue weighted by molar-refractivity contribution is -0.385. The Morgan fingerprint density at radius 3 is 2.18 bits per heavy atom. The number of piperidine rings is 1. The maximum Gasteiger partial charge on any atom is 0.273 e. The molecule has 0 aromatic heterocycles. The first kappa shape index (κ1) is 25.4. The third kappa shape index (κ3) is 5.11. The summed E-state index contributed by atoms with van der Waals surface area (Å²) in [5, 5.41) is 13.9. The Kier molecular flexibility index (Phi) is 6.64. The van der Waals surface area contributed by atoms with Crippen molar-refractivity contribution in [3.8, 4) is 11.1 Å². The van der Waals surface area contributed by atoms with E-state index in [1.54, 1.807) is 23.1 Å². The Labute approximate surface area is 216 Å². The van der Waals surface area contributed by atoms with Gasteiger partial charge in [-0.05, 0) is 72.6 Å². The standard InChI is InChI=1S/C28H24F3N3O4/c29-20-4-1-17(2-5-20)18-3-6-24(25(31)13-18)26(35)32-22-15-28(16-22)7-9-33(10-8-28)27(36)19-11-21(30)14-23(12-19)34(37)38/h1-6,11-14,22H,7-10,15-16H2,(H,32,35). The lowest BCUT2D eigenvalue weighted by Gasteiger charge is -2.52. The van der Waals surface area contributed by atoms with Crippen LogP contribution in [0.1, 0.15) is 46.4 Å². The van der Waals surface area contributed by atoms with Crippen molar-refractivity contribution in [3.05, 3.63) is 99.4 Å². The molecule has 7 nitrogen and oxygen atoms in total. The molecule has 0 radical (unpaired) electrons. The second-order valence-corrected chi connectivity index (χ2v) is 10.0. The molecular weight excluding hydrogens is 499 g/mol. The second-order valence-electron chi connectivity index (χ2n) is 10.0. The van der Waals surface area contributed by atoms with Gasteiger partial charge in [-0.15, -0.1) is 0 Å². The number of non-ortho nitro benzene ring substituents is 1. The SMILES string of the molecule is O=C(NC1CC2(CCN(C(=O)c3cc(F)cc([N+](=O)[O-])c3)CC2)C1)c1ccc(-c2ccc(F)cc2)cc1F. The van der Waals surface area contributed by atoms with Crippen molar-refractivity contribution in [2.24, 2.45) is 5.41 Å². The molecule has 1 spiro atoms.